The van der Waals surface area contributed by atoms with Crippen molar-refractivity contribution in [2.24, 2.45) is 0 Å². The Morgan fingerprint density at radius 3 is 1.27 bits per heavy atom. The molecular formula is C34H65I3O4. The summed E-state index contributed by atoms with van der Waals surface area (Å²) >= 11 is 4.24. The fourth-order valence-electron chi connectivity index (χ4n) is 5.31. The molecule has 0 N–H and O–H groups in total. The molecule has 0 radical (unpaired) electrons. The number of allylic oxidation sites excluding steroid dienone is 2. The van der Waals surface area contributed by atoms with Crippen LogP contribution in [-0.2, 0) is 19.1 Å². The summed E-state index contributed by atoms with van der Waals surface area (Å²) in [6, 6.07) is 0. The minimum Gasteiger partial charge on any atom is -0.460 e. The molecule has 0 amide bonds. The number of halogens is 3. The van der Waals surface area contributed by atoms with Gasteiger partial charge in [0, 0.05) is 51.5 Å². The Morgan fingerprint density at radius 1 is 0.512 bits per heavy atom. The number of carbonyl (C=O) groups is 2. The van der Waals surface area contributed by atoms with E-state index in [4.69, 9.17) is 9.47 Å². The number of ether oxygens (including phenoxy) is 2. The van der Waals surface area contributed by atoms with Crippen molar-refractivity contribution < 1.29 is 20.5 Å². The summed E-state index contributed by atoms with van der Waals surface area (Å²) < 4.78 is 11.2. The first kappa shape index (κ1) is 44.0. The Kier molecular flexibility index (Phi) is 31.7. The number of hydrogen-bond donors (Lipinski definition) is 0. The minimum atomic E-state index is -0.321. The second-order valence-electron chi connectivity index (χ2n) is 12.9. The molecule has 2 heterocycles. The highest BCUT2D eigenvalue weighted by Crippen LogP contribution is 2.22. The summed E-state index contributed by atoms with van der Waals surface area (Å²) in [7, 11) is 0. The van der Waals surface area contributed by atoms with Crippen molar-refractivity contribution in [1.29, 1.82) is 0 Å². The Balaban J connectivity index is -0.000000654. The number of esters is 2. The van der Waals surface area contributed by atoms with Crippen molar-refractivity contribution in [1.82, 2.24) is 0 Å². The highest BCUT2D eigenvalue weighted by atomic mass is 128. The van der Waals surface area contributed by atoms with E-state index in [-0.39, 0.29) is 48.5 Å². The zero-order valence-corrected chi connectivity index (χ0v) is 33.6. The third kappa shape index (κ3) is 30.7. The van der Waals surface area contributed by atoms with E-state index in [1.807, 2.05) is 27.7 Å². The van der Waals surface area contributed by atoms with Crippen LogP contribution in [-0.4, -0.2) is 23.1 Å². The average Bonchev–Trinajstić information content (AvgIpc) is 2.89. The molecule has 4 nitrogen and oxygen atoms in total. The molecule has 0 saturated carbocycles. The van der Waals surface area contributed by atoms with Gasteiger partial charge in [-0.05, 0) is 79.1 Å². The molecule has 0 aromatic heterocycles. The Morgan fingerprint density at radius 2 is 0.829 bits per heavy atom. The molecule has 2 aliphatic rings. The summed E-state index contributed by atoms with van der Waals surface area (Å²) in [5, 5.41) is 0. The Bertz CT molecular complexity index is 657. The zero-order valence-electron chi connectivity index (χ0n) is 26.9. The van der Waals surface area contributed by atoms with E-state index in [1.165, 1.54) is 103 Å². The van der Waals surface area contributed by atoms with E-state index in [1.54, 1.807) is 0 Å². The fraction of sp³-hybridized carbons (Fsp3) is 0.882. The largest absolute Gasteiger partial charge is 0.460 e. The molecule has 246 valence electrons. The first-order chi connectivity index (χ1) is 19.2. The molecule has 0 spiro atoms. The van der Waals surface area contributed by atoms with Gasteiger partial charge >= 0.3 is 11.9 Å². The maximum atomic E-state index is 11.8. The standard InChI is InChI=1S/C17H32O2.C17H30O2.I2.HI.H2/c2*1-17(2)15-13-11-9-7-5-3-4-6-8-10-12-14-16(18)19-17;1-2;;/h3-15H2,1-2H3;9,11H,3-8,10,12-15H2,1-2H3;;2*1H. The summed E-state index contributed by atoms with van der Waals surface area (Å²) in [5.74, 6) is -0.0295. The first-order valence-corrected chi connectivity index (χ1v) is 22.7. The third-order valence-electron chi connectivity index (χ3n) is 7.77. The number of rotatable bonds is 0. The lowest BCUT2D eigenvalue weighted by Crippen LogP contribution is -2.27. The Labute approximate surface area is 296 Å². The van der Waals surface area contributed by atoms with Gasteiger partial charge in [-0.3, -0.25) is 9.59 Å². The van der Waals surface area contributed by atoms with Gasteiger partial charge in [0.05, 0.1) is 0 Å². The highest BCUT2D eigenvalue weighted by molar-refractivity contribution is 15.0. The van der Waals surface area contributed by atoms with Crippen molar-refractivity contribution in [3.63, 3.8) is 0 Å². The second kappa shape index (κ2) is 29.6. The second-order valence-corrected chi connectivity index (χ2v) is 12.9. The average molecular weight is 919 g/mol. The normalized spacial score (nSPS) is 22.6. The predicted molar refractivity (Wildman–Crippen MR) is 206 cm³/mol. The van der Waals surface area contributed by atoms with Crippen LogP contribution in [0.3, 0.4) is 0 Å². The molecule has 7 heteroatoms. The lowest BCUT2D eigenvalue weighted by molar-refractivity contribution is -0.158. The third-order valence-corrected chi connectivity index (χ3v) is 7.77. The highest BCUT2D eigenvalue weighted by Gasteiger charge is 2.22. The van der Waals surface area contributed by atoms with Crippen LogP contribution in [0.5, 0.6) is 0 Å². The van der Waals surface area contributed by atoms with Gasteiger partial charge < -0.3 is 9.47 Å². The molecule has 0 unspecified atom stereocenters. The van der Waals surface area contributed by atoms with Crippen LogP contribution >= 0.6 is 61.2 Å². The molecule has 2 aliphatic heterocycles. The van der Waals surface area contributed by atoms with E-state index in [2.05, 4.69) is 49.4 Å². The molecule has 0 atom stereocenters. The van der Waals surface area contributed by atoms with E-state index >= 15 is 0 Å². The lowest BCUT2D eigenvalue weighted by Gasteiger charge is -2.25. The molecule has 41 heavy (non-hydrogen) atoms. The van der Waals surface area contributed by atoms with Crippen LogP contribution in [0.1, 0.15) is 183 Å². The zero-order chi connectivity index (χ0) is 30.0. The maximum Gasteiger partial charge on any atom is 0.306 e. The smallest absolute Gasteiger partial charge is 0.306 e. The topological polar surface area (TPSA) is 52.6 Å². The molecule has 1 saturated heterocycles. The molecule has 0 bridgehead atoms. The monoisotopic (exact) mass is 918 g/mol. The van der Waals surface area contributed by atoms with Crippen LogP contribution in [0.4, 0.5) is 0 Å². The van der Waals surface area contributed by atoms with Crippen LogP contribution in [0.2, 0.25) is 0 Å². The minimum absolute atomic E-state index is 0. The molecule has 0 aromatic carbocycles. The van der Waals surface area contributed by atoms with E-state index in [9.17, 15) is 9.59 Å². The fourth-order valence-corrected chi connectivity index (χ4v) is 5.31. The number of hydrogen-bond acceptors (Lipinski definition) is 4. The van der Waals surface area contributed by atoms with Gasteiger partial charge in [-0.2, -0.15) is 0 Å². The number of cyclic esters (lactones) is 2. The van der Waals surface area contributed by atoms with Gasteiger partial charge in [0.25, 0.3) is 0 Å². The van der Waals surface area contributed by atoms with Crippen LogP contribution < -0.4 is 0 Å². The summed E-state index contributed by atoms with van der Waals surface area (Å²) in [6.45, 7) is 8.13. The molecule has 1 fully saturated rings. The summed E-state index contributed by atoms with van der Waals surface area (Å²) in [5.41, 5.74) is -0.591. The predicted octanol–water partition coefficient (Wildman–Crippen LogP) is 13.2. The maximum absolute atomic E-state index is 11.8. The van der Waals surface area contributed by atoms with Gasteiger partial charge in [0.15, 0.2) is 0 Å². The van der Waals surface area contributed by atoms with Gasteiger partial charge in [0.2, 0.25) is 0 Å². The van der Waals surface area contributed by atoms with Crippen molar-refractivity contribution in [2.75, 3.05) is 0 Å². The lowest BCUT2D eigenvalue weighted by atomic mass is 9.98. The molecular weight excluding hydrogens is 853 g/mol. The number of carbonyl (C=O) groups excluding carboxylic acids is 2. The summed E-state index contributed by atoms with van der Waals surface area (Å²) in [4.78, 5) is 23.5. The van der Waals surface area contributed by atoms with E-state index in [0.29, 0.717) is 12.8 Å². The van der Waals surface area contributed by atoms with Gasteiger partial charge in [-0.1, -0.05) is 102 Å². The van der Waals surface area contributed by atoms with Gasteiger partial charge in [-0.15, -0.1) is 24.0 Å². The quantitative estimate of drug-likeness (QED) is 0.138. The van der Waals surface area contributed by atoms with Crippen LogP contribution in [0.25, 0.3) is 0 Å². The van der Waals surface area contributed by atoms with Crippen molar-refractivity contribution in [3.8, 4) is 0 Å². The van der Waals surface area contributed by atoms with Crippen molar-refractivity contribution >= 4 is 73.1 Å². The Hall–Kier alpha value is 0.870. The SMILES string of the molecule is CC1(C)CCC=CCCCCCCCCCC(=O)O1.CC1(C)CCCCCCCCCCCCCC(=O)O1.I.II.[HH]. The first-order valence-electron chi connectivity index (χ1n) is 16.4. The molecule has 2 rings (SSSR count). The summed E-state index contributed by atoms with van der Waals surface area (Å²) in [6.07, 6.45) is 32.6. The van der Waals surface area contributed by atoms with Gasteiger partial charge in [-0.25, -0.2) is 0 Å². The van der Waals surface area contributed by atoms with Crippen molar-refractivity contribution in [3.05, 3.63) is 12.2 Å². The van der Waals surface area contributed by atoms with Gasteiger partial charge in [0.1, 0.15) is 11.2 Å². The molecule has 0 aliphatic carbocycles. The molecule has 0 aromatic rings. The van der Waals surface area contributed by atoms with Crippen LogP contribution in [0.15, 0.2) is 12.2 Å². The van der Waals surface area contributed by atoms with E-state index in [0.717, 1.165) is 38.5 Å². The van der Waals surface area contributed by atoms with E-state index < -0.39 is 0 Å². The van der Waals surface area contributed by atoms with Crippen molar-refractivity contribution in [2.45, 2.75) is 193 Å². The van der Waals surface area contributed by atoms with Crippen LogP contribution in [0, 0.1) is 0 Å².